The van der Waals surface area contributed by atoms with Gasteiger partial charge in [0.05, 0.1) is 6.42 Å². The van der Waals surface area contributed by atoms with E-state index in [1.54, 1.807) is 18.2 Å². The molecule has 0 unspecified atom stereocenters. The van der Waals surface area contributed by atoms with E-state index in [1.165, 1.54) is 0 Å². The quantitative estimate of drug-likeness (QED) is 0.761. The van der Waals surface area contributed by atoms with Crippen LogP contribution < -0.4 is 0 Å². The third kappa shape index (κ3) is 1.73. The fourth-order valence-electron chi connectivity index (χ4n) is 2.13. The van der Waals surface area contributed by atoms with E-state index in [1.807, 2.05) is 18.2 Å². The van der Waals surface area contributed by atoms with Gasteiger partial charge in [0.25, 0.3) is 0 Å². The lowest BCUT2D eigenvalue weighted by Gasteiger charge is -1.97. The number of carbonyl (C=O) groups is 1. The van der Waals surface area contributed by atoms with E-state index in [0.29, 0.717) is 21.8 Å². The number of hydrogen-bond acceptors (Lipinski definition) is 2. The maximum atomic E-state index is 10.8. The van der Waals surface area contributed by atoms with Crippen LogP contribution in [0.4, 0.5) is 0 Å². The Hall–Kier alpha value is -2.00. The smallest absolute Gasteiger partial charge is 0.307 e. The SMILES string of the molecule is O=C(O)Cc1cccc2c1oc1cc(Cl)ccc12. The lowest BCUT2D eigenvalue weighted by atomic mass is 10.1. The molecule has 0 spiro atoms. The van der Waals surface area contributed by atoms with Crippen LogP contribution in [-0.2, 0) is 11.2 Å². The van der Waals surface area contributed by atoms with Crippen LogP contribution in [0.1, 0.15) is 5.56 Å². The molecule has 18 heavy (non-hydrogen) atoms. The molecule has 0 bridgehead atoms. The molecule has 90 valence electrons. The number of carboxylic acid groups (broad SMARTS) is 1. The first-order valence-corrected chi connectivity index (χ1v) is 5.84. The molecule has 0 aliphatic rings. The van der Waals surface area contributed by atoms with Crippen molar-refractivity contribution >= 4 is 39.5 Å². The summed E-state index contributed by atoms with van der Waals surface area (Å²) in [4.78, 5) is 10.8. The predicted molar refractivity (Wildman–Crippen MR) is 70.1 cm³/mol. The van der Waals surface area contributed by atoms with Crippen LogP contribution in [-0.4, -0.2) is 11.1 Å². The largest absolute Gasteiger partial charge is 0.481 e. The normalized spacial score (nSPS) is 11.2. The van der Waals surface area contributed by atoms with Gasteiger partial charge in [-0.2, -0.15) is 0 Å². The average Bonchev–Trinajstić information content (AvgIpc) is 2.67. The lowest BCUT2D eigenvalue weighted by molar-refractivity contribution is -0.136. The molecule has 4 heteroatoms. The summed E-state index contributed by atoms with van der Waals surface area (Å²) in [7, 11) is 0. The maximum Gasteiger partial charge on any atom is 0.307 e. The van der Waals surface area contributed by atoms with Gasteiger partial charge in [-0.3, -0.25) is 4.79 Å². The molecule has 1 aromatic heterocycles. The van der Waals surface area contributed by atoms with Crippen molar-refractivity contribution < 1.29 is 14.3 Å². The zero-order valence-corrected chi connectivity index (χ0v) is 10.1. The first-order valence-electron chi connectivity index (χ1n) is 5.46. The molecule has 0 saturated carbocycles. The Labute approximate surface area is 108 Å². The molecular weight excluding hydrogens is 252 g/mol. The van der Waals surface area contributed by atoms with Crippen molar-refractivity contribution in [3.05, 3.63) is 47.0 Å². The fraction of sp³-hybridized carbons (Fsp3) is 0.0714. The van der Waals surface area contributed by atoms with Crippen LogP contribution in [0.3, 0.4) is 0 Å². The Kier molecular flexibility index (Phi) is 2.49. The molecule has 3 rings (SSSR count). The molecule has 1 heterocycles. The third-order valence-corrected chi connectivity index (χ3v) is 3.12. The Balaban J connectivity index is 2.34. The maximum absolute atomic E-state index is 10.8. The highest BCUT2D eigenvalue weighted by molar-refractivity contribution is 6.31. The van der Waals surface area contributed by atoms with Crippen LogP contribution >= 0.6 is 11.6 Å². The van der Waals surface area contributed by atoms with Crippen molar-refractivity contribution in [1.29, 1.82) is 0 Å². The summed E-state index contributed by atoms with van der Waals surface area (Å²) < 4.78 is 5.72. The monoisotopic (exact) mass is 260 g/mol. The van der Waals surface area contributed by atoms with E-state index in [4.69, 9.17) is 21.1 Å². The summed E-state index contributed by atoms with van der Waals surface area (Å²) in [5, 5.41) is 11.3. The minimum absolute atomic E-state index is 0.0507. The summed E-state index contributed by atoms with van der Waals surface area (Å²) in [5.74, 6) is -0.874. The number of fused-ring (bicyclic) bond motifs is 3. The second kappa shape index (κ2) is 4.03. The van der Waals surface area contributed by atoms with E-state index >= 15 is 0 Å². The van der Waals surface area contributed by atoms with Gasteiger partial charge in [-0.15, -0.1) is 0 Å². The number of halogens is 1. The number of furan rings is 1. The molecular formula is C14H9ClO3. The van der Waals surface area contributed by atoms with Gasteiger partial charge in [0.15, 0.2) is 0 Å². The second-order valence-electron chi connectivity index (χ2n) is 4.11. The number of benzene rings is 2. The molecule has 0 atom stereocenters. The molecule has 0 aliphatic heterocycles. The zero-order valence-electron chi connectivity index (χ0n) is 9.31. The van der Waals surface area contributed by atoms with Crippen molar-refractivity contribution in [3.8, 4) is 0 Å². The van der Waals surface area contributed by atoms with Gasteiger partial charge in [0.1, 0.15) is 11.2 Å². The molecule has 2 aromatic carbocycles. The van der Waals surface area contributed by atoms with Gasteiger partial charge in [0, 0.05) is 27.4 Å². The Morgan fingerprint density at radius 2 is 2.06 bits per heavy atom. The summed E-state index contributed by atoms with van der Waals surface area (Å²) in [6.07, 6.45) is -0.0507. The number of rotatable bonds is 2. The number of aliphatic carboxylic acids is 1. The van der Waals surface area contributed by atoms with Crippen LogP contribution in [0.15, 0.2) is 40.8 Å². The van der Waals surface area contributed by atoms with Crippen molar-refractivity contribution in [3.63, 3.8) is 0 Å². The lowest BCUT2D eigenvalue weighted by Crippen LogP contribution is -1.99. The van der Waals surface area contributed by atoms with Crippen LogP contribution in [0.25, 0.3) is 21.9 Å². The van der Waals surface area contributed by atoms with Gasteiger partial charge in [-0.25, -0.2) is 0 Å². The summed E-state index contributed by atoms with van der Waals surface area (Å²) in [6.45, 7) is 0. The third-order valence-electron chi connectivity index (χ3n) is 2.88. The zero-order chi connectivity index (χ0) is 12.7. The summed E-state index contributed by atoms with van der Waals surface area (Å²) in [5.41, 5.74) is 1.97. The molecule has 0 aliphatic carbocycles. The minimum atomic E-state index is -0.874. The molecule has 3 nitrogen and oxygen atoms in total. The Bertz CT molecular complexity index is 758. The van der Waals surface area contributed by atoms with Crippen molar-refractivity contribution in [1.82, 2.24) is 0 Å². The number of para-hydroxylation sites is 1. The molecule has 0 amide bonds. The Morgan fingerprint density at radius 3 is 2.83 bits per heavy atom. The number of hydrogen-bond donors (Lipinski definition) is 1. The molecule has 0 saturated heterocycles. The van der Waals surface area contributed by atoms with Gasteiger partial charge in [-0.1, -0.05) is 29.8 Å². The molecule has 0 fully saturated rings. The Morgan fingerprint density at radius 1 is 1.22 bits per heavy atom. The second-order valence-corrected chi connectivity index (χ2v) is 4.54. The molecule has 0 radical (unpaired) electrons. The summed E-state index contributed by atoms with van der Waals surface area (Å²) in [6, 6.07) is 10.9. The highest BCUT2D eigenvalue weighted by Crippen LogP contribution is 2.32. The van der Waals surface area contributed by atoms with Crippen LogP contribution in [0.2, 0.25) is 5.02 Å². The van der Waals surface area contributed by atoms with E-state index < -0.39 is 5.97 Å². The average molecular weight is 261 g/mol. The van der Waals surface area contributed by atoms with Crippen LogP contribution in [0.5, 0.6) is 0 Å². The molecule has 1 N–H and O–H groups in total. The highest BCUT2D eigenvalue weighted by atomic mass is 35.5. The standard InChI is InChI=1S/C14H9ClO3/c15-9-4-5-10-11-3-1-2-8(6-13(16)17)14(11)18-12(10)7-9/h1-5,7H,6H2,(H,16,17). The van der Waals surface area contributed by atoms with E-state index in [2.05, 4.69) is 0 Å². The first-order chi connectivity index (χ1) is 8.65. The van der Waals surface area contributed by atoms with Crippen molar-refractivity contribution in [2.24, 2.45) is 0 Å². The first kappa shape index (κ1) is 11.1. The van der Waals surface area contributed by atoms with Gasteiger partial charge < -0.3 is 9.52 Å². The van der Waals surface area contributed by atoms with E-state index in [-0.39, 0.29) is 6.42 Å². The predicted octanol–water partition coefficient (Wildman–Crippen LogP) is 3.87. The summed E-state index contributed by atoms with van der Waals surface area (Å²) >= 11 is 5.92. The highest BCUT2D eigenvalue weighted by Gasteiger charge is 2.12. The van der Waals surface area contributed by atoms with Gasteiger partial charge in [-0.05, 0) is 12.1 Å². The topological polar surface area (TPSA) is 50.4 Å². The fourth-order valence-corrected chi connectivity index (χ4v) is 2.29. The molecule has 3 aromatic rings. The number of carboxylic acids is 1. The van der Waals surface area contributed by atoms with Gasteiger partial charge >= 0.3 is 5.97 Å². The minimum Gasteiger partial charge on any atom is -0.481 e. The van der Waals surface area contributed by atoms with Crippen molar-refractivity contribution in [2.75, 3.05) is 0 Å². The van der Waals surface area contributed by atoms with Crippen LogP contribution in [0, 0.1) is 0 Å². The van der Waals surface area contributed by atoms with Crippen molar-refractivity contribution in [2.45, 2.75) is 6.42 Å². The van der Waals surface area contributed by atoms with Gasteiger partial charge in [0.2, 0.25) is 0 Å². The van der Waals surface area contributed by atoms with E-state index in [9.17, 15) is 4.79 Å². The van der Waals surface area contributed by atoms with E-state index in [0.717, 1.165) is 10.8 Å².